The van der Waals surface area contributed by atoms with E-state index >= 15 is 0 Å². The molecule has 10 nitrogen and oxygen atoms in total. The summed E-state index contributed by atoms with van der Waals surface area (Å²) in [5.41, 5.74) is 3.83. The molecule has 0 saturated heterocycles. The lowest BCUT2D eigenvalue weighted by atomic mass is 10.00. The quantitative estimate of drug-likeness (QED) is 0.183. The molecule has 1 unspecified atom stereocenters. The van der Waals surface area contributed by atoms with Gasteiger partial charge in [0.25, 0.3) is 0 Å². The third kappa shape index (κ3) is 9.88. The van der Waals surface area contributed by atoms with E-state index < -0.39 is 43.8 Å². The number of aliphatic hydroxyl groups excluding tert-OH is 1. The van der Waals surface area contributed by atoms with Crippen molar-refractivity contribution < 1.29 is 26.7 Å². The normalized spacial score (nSPS) is 14.4. The van der Waals surface area contributed by atoms with Crippen LogP contribution in [-0.2, 0) is 37.5 Å². The molecular formula is C32H40N4O6S3. The van der Waals surface area contributed by atoms with E-state index in [1.165, 1.54) is 28.6 Å². The monoisotopic (exact) mass is 672 g/mol. The van der Waals surface area contributed by atoms with Crippen molar-refractivity contribution in [2.75, 3.05) is 24.6 Å². The fourth-order valence-corrected chi connectivity index (χ4v) is 9.02. The molecule has 0 aliphatic carbocycles. The standard InChI is InChI=1S/C32H40N4O6S3/c1-23(2)19-36(45(41,42)27-12-13-28-31(18-27)43-22-34-28)20-30(37)29(17-25-9-5-4-6-10-25)35-32(38)24(3)21-44(39,40)16-14-26-11-7-8-15-33-26/h4-13,15,18,22-24,29-30,37H,14,16-17,19-21H2,1-3H3,(H,35,38)/t24-,29?,30-/m1/s1. The third-order valence-corrected chi connectivity index (χ3v) is 11.8. The molecule has 45 heavy (non-hydrogen) atoms. The SMILES string of the molecule is CC(C)CN(C[C@@H](O)C(Cc1ccccc1)NC(=O)[C@H](C)CS(=O)(=O)CCc1ccccn1)S(=O)(=O)c1ccc2ncsc2c1. The minimum atomic E-state index is -4.01. The molecular weight excluding hydrogens is 633 g/mol. The van der Waals surface area contributed by atoms with Gasteiger partial charge in [0.15, 0.2) is 9.84 Å². The van der Waals surface area contributed by atoms with Crippen LogP contribution < -0.4 is 5.32 Å². The number of pyridine rings is 1. The molecule has 2 aromatic heterocycles. The van der Waals surface area contributed by atoms with Gasteiger partial charge < -0.3 is 10.4 Å². The van der Waals surface area contributed by atoms with Crippen LogP contribution in [0.2, 0.25) is 0 Å². The fraction of sp³-hybridized carbons (Fsp3) is 0.406. The van der Waals surface area contributed by atoms with E-state index in [9.17, 15) is 26.7 Å². The number of aromatic nitrogens is 2. The lowest BCUT2D eigenvalue weighted by Crippen LogP contribution is -2.52. The number of sulfone groups is 1. The first-order valence-corrected chi connectivity index (χ1v) is 18.9. The van der Waals surface area contributed by atoms with Crippen LogP contribution in [0.25, 0.3) is 10.2 Å². The summed E-state index contributed by atoms with van der Waals surface area (Å²) in [5.74, 6) is -1.99. The Hall–Kier alpha value is -3.23. The number of amides is 1. The van der Waals surface area contributed by atoms with E-state index in [1.54, 1.807) is 42.0 Å². The summed E-state index contributed by atoms with van der Waals surface area (Å²) >= 11 is 1.34. The summed E-state index contributed by atoms with van der Waals surface area (Å²) in [6.45, 7) is 5.19. The zero-order chi connectivity index (χ0) is 32.6. The molecule has 0 radical (unpaired) electrons. The number of hydrogen-bond acceptors (Lipinski definition) is 9. The number of sulfonamides is 1. The van der Waals surface area contributed by atoms with Crippen molar-refractivity contribution in [1.29, 1.82) is 0 Å². The van der Waals surface area contributed by atoms with Gasteiger partial charge in [-0.25, -0.2) is 21.8 Å². The Labute approximate surface area is 269 Å². The van der Waals surface area contributed by atoms with Crippen molar-refractivity contribution in [3.8, 4) is 0 Å². The lowest BCUT2D eigenvalue weighted by Gasteiger charge is -2.31. The van der Waals surface area contributed by atoms with Gasteiger partial charge in [-0.15, -0.1) is 11.3 Å². The van der Waals surface area contributed by atoms with Gasteiger partial charge in [-0.2, -0.15) is 4.31 Å². The predicted molar refractivity (Wildman–Crippen MR) is 177 cm³/mol. The lowest BCUT2D eigenvalue weighted by molar-refractivity contribution is -0.125. The maximum atomic E-state index is 13.8. The van der Waals surface area contributed by atoms with Gasteiger partial charge in [0.05, 0.1) is 44.3 Å². The zero-order valence-corrected chi connectivity index (χ0v) is 28.1. The molecule has 0 aliphatic heterocycles. The van der Waals surface area contributed by atoms with Gasteiger partial charge in [-0.3, -0.25) is 9.78 Å². The van der Waals surface area contributed by atoms with Crippen LogP contribution in [0.15, 0.2) is 83.3 Å². The molecule has 0 aliphatic rings. The topological polar surface area (TPSA) is 147 Å². The molecule has 0 spiro atoms. The average molecular weight is 673 g/mol. The van der Waals surface area contributed by atoms with Crippen molar-refractivity contribution in [3.63, 3.8) is 0 Å². The number of nitrogens with zero attached hydrogens (tertiary/aromatic N) is 3. The van der Waals surface area contributed by atoms with Gasteiger partial charge in [0.1, 0.15) is 0 Å². The van der Waals surface area contributed by atoms with Crippen molar-refractivity contribution in [3.05, 3.63) is 89.7 Å². The van der Waals surface area contributed by atoms with E-state index in [1.807, 2.05) is 44.2 Å². The Morgan fingerprint density at radius 2 is 1.69 bits per heavy atom. The van der Waals surface area contributed by atoms with E-state index in [-0.39, 0.29) is 48.3 Å². The van der Waals surface area contributed by atoms with E-state index in [2.05, 4.69) is 15.3 Å². The Bertz CT molecular complexity index is 1760. The number of carbonyl (C=O) groups is 1. The molecule has 0 bridgehead atoms. The van der Waals surface area contributed by atoms with E-state index in [0.717, 1.165) is 10.3 Å². The number of fused-ring (bicyclic) bond motifs is 1. The molecule has 4 aromatic rings. The molecule has 0 saturated carbocycles. The maximum Gasteiger partial charge on any atom is 0.243 e. The molecule has 2 heterocycles. The Morgan fingerprint density at radius 1 is 0.956 bits per heavy atom. The molecule has 2 aromatic carbocycles. The highest BCUT2D eigenvalue weighted by molar-refractivity contribution is 7.91. The van der Waals surface area contributed by atoms with Crippen LogP contribution in [0.1, 0.15) is 32.0 Å². The molecule has 242 valence electrons. The van der Waals surface area contributed by atoms with Crippen molar-refractivity contribution >= 4 is 47.3 Å². The largest absolute Gasteiger partial charge is 0.390 e. The molecule has 3 atom stereocenters. The highest BCUT2D eigenvalue weighted by Crippen LogP contribution is 2.25. The third-order valence-electron chi connectivity index (χ3n) is 7.34. The number of aryl methyl sites for hydroxylation is 1. The van der Waals surface area contributed by atoms with Crippen molar-refractivity contribution in [1.82, 2.24) is 19.6 Å². The van der Waals surface area contributed by atoms with Gasteiger partial charge in [-0.05, 0) is 48.2 Å². The summed E-state index contributed by atoms with van der Waals surface area (Å²) in [7, 11) is -7.60. The summed E-state index contributed by atoms with van der Waals surface area (Å²) in [6.07, 6.45) is 0.768. The number of thiazole rings is 1. The van der Waals surface area contributed by atoms with E-state index in [4.69, 9.17) is 0 Å². The first kappa shape index (κ1) is 34.6. The van der Waals surface area contributed by atoms with Crippen LogP contribution in [0.3, 0.4) is 0 Å². The van der Waals surface area contributed by atoms with Crippen LogP contribution in [0, 0.1) is 11.8 Å². The molecule has 1 amide bonds. The number of benzene rings is 2. The van der Waals surface area contributed by atoms with Crippen molar-refractivity contribution in [2.45, 2.75) is 50.7 Å². The second-order valence-corrected chi connectivity index (χ2v) is 16.7. The molecule has 13 heteroatoms. The van der Waals surface area contributed by atoms with Gasteiger partial charge in [0, 0.05) is 37.3 Å². The van der Waals surface area contributed by atoms with Crippen molar-refractivity contribution in [2.24, 2.45) is 11.8 Å². The van der Waals surface area contributed by atoms with E-state index in [0.29, 0.717) is 11.2 Å². The van der Waals surface area contributed by atoms with Crippen LogP contribution in [0.4, 0.5) is 0 Å². The zero-order valence-electron chi connectivity index (χ0n) is 25.6. The van der Waals surface area contributed by atoms with Gasteiger partial charge in [-0.1, -0.05) is 57.2 Å². The molecule has 2 N–H and O–H groups in total. The summed E-state index contributed by atoms with van der Waals surface area (Å²) in [4.78, 5) is 21.8. The van der Waals surface area contributed by atoms with Gasteiger partial charge >= 0.3 is 0 Å². The minimum Gasteiger partial charge on any atom is -0.390 e. The first-order valence-electron chi connectivity index (χ1n) is 14.8. The molecule has 0 fully saturated rings. The number of rotatable bonds is 16. The number of carbonyl (C=O) groups excluding carboxylic acids is 1. The number of hydrogen-bond donors (Lipinski definition) is 2. The van der Waals surface area contributed by atoms with Gasteiger partial charge in [0.2, 0.25) is 15.9 Å². The Balaban J connectivity index is 1.51. The highest BCUT2D eigenvalue weighted by atomic mass is 32.2. The number of aliphatic hydroxyl groups is 1. The molecule has 4 rings (SSSR count). The first-order chi connectivity index (χ1) is 21.3. The average Bonchev–Trinajstić information content (AvgIpc) is 3.48. The highest BCUT2D eigenvalue weighted by Gasteiger charge is 2.33. The fourth-order valence-electron chi connectivity index (χ4n) is 4.98. The Kier molecular flexibility index (Phi) is 11.8. The predicted octanol–water partition coefficient (Wildman–Crippen LogP) is 3.72. The second kappa shape index (κ2) is 15.4. The second-order valence-electron chi connectivity index (χ2n) is 11.7. The minimum absolute atomic E-state index is 0.0439. The summed E-state index contributed by atoms with van der Waals surface area (Å²) < 4.78 is 55.4. The maximum absolute atomic E-state index is 13.8. The van der Waals surface area contributed by atoms with Crippen LogP contribution >= 0.6 is 11.3 Å². The number of nitrogens with one attached hydrogen (secondary N) is 1. The summed E-state index contributed by atoms with van der Waals surface area (Å²) in [5, 5.41) is 14.4. The van der Waals surface area contributed by atoms with Crippen LogP contribution in [0.5, 0.6) is 0 Å². The Morgan fingerprint density at radius 3 is 2.38 bits per heavy atom. The summed E-state index contributed by atoms with van der Waals surface area (Å²) in [6, 6.07) is 18.4. The smallest absolute Gasteiger partial charge is 0.243 e. The van der Waals surface area contributed by atoms with Crippen LogP contribution in [-0.4, -0.2) is 78.9 Å².